The predicted molar refractivity (Wildman–Crippen MR) is 206 cm³/mol. The van der Waals surface area contributed by atoms with E-state index >= 15 is 0 Å². The van der Waals surface area contributed by atoms with E-state index in [0.29, 0.717) is 12.3 Å². The first-order chi connectivity index (χ1) is 20.8. The molecular formula is C38H76O5Si3. The lowest BCUT2D eigenvalue weighted by Gasteiger charge is -2.40. The smallest absolute Gasteiger partial charge is 0.303 e. The molecule has 0 amide bonds. The summed E-state index contributed by atoms with van der Waals surface area (Å²) in [4.78, 5) is 11.1. The minimum absolute atomic E-state index is 0.0986. The summed E-state index contributed by atoms with van der Waals surface area (Å²) in [5, 5.41) is 9.48. The minimum Gasteiger partial charge on any atom is -0.481 e. The zero-order valence-corrected chi connectivity index (χ0v) is 36.1. The highest BCUT2D eigenvalue weighted by Crippen LogP contribution is 2.48. The van der Waals surface area contributed by atoms with E-state index in [1.54, 1.807) is 0 Å². The molecule has 0 unspecified atom stereocenters. The number of carboxylic acid groups (broad SMARTS) is 1. The third-order valence-electron chi connectivity index (χ3n) is 11.6. The summed E-state index contributed by atoms with van der Waals surface area (Å²) in [7, 11) is -6.04. The van der Waals surface area contributed by atoms with Crippen molar-refractivity contribution in [2.24, 2.45) is 11.8 Å². The molecule has 1 N–H and O–H groups in total. The summed E-state index contributed by atoms with van der Waals surface area (Å²) in [6.07, 6.45) is 17.8. The van der Waals surface area contributed by atoms with E-state index in [-0.39, 0.29) is 45.8 Å². The van der Waals surface area contributed by atoms with Gasteiger partial charge in [-0.1, -0.05) is 113 Å². The van der Waals surface area contributed by atoms with Crippen molar-refractivity contribution in [2.75, 3.05) is 0 Å². The Kier molecular flexibility index (Phi) is 16.5. The lowest BCUT2D eigenvalue weighted by atomic mass is 9.89. The normalized spacial score (nSPS) is 23.1. The number of hydrogen-bond donors (Lipinski definition) is 1. The third-order valence-corrected chi connectivity index (χ3v) is 25.1. The molecule has 5 atom stereocenters. The molecule has 0 heterocycles. The van der Waals surface area contributed by atoms with Crippen LogP contribution < -0.4 is 0 Å². The largest absolute Gasteiger partial charge is 0.481 e. The van der Waals surface area contributed by atoms with E-state index < -0.39 is 30.9 Å². The highest BCUT2D eigenvalue weighted by molar-refractivity contribution is 6.75. The van der Waals surface area contributed by atoms with Crippen LogP contribution >= 0.6 is 0 Å². The second-order valence-electron chi connectivity index (χ2n) is 18.6. The van der Waals surface area contributed by atoms with Crippen LogP contribution in [-0.2, 0) is 18.1 Å². The first-order valence-electron chi connectivity index (χ1n) is 18.3. The van der Waals surface area contributed by atoms with Crippen LogP contribution in [0.4, 0.5) is 0 Å². The minimum atomic E-state index is -2.05. The van der Waals surface area contributed by atoms with Crippen LogP contribution in [0.2, 0.25) is 54.4 Å². The number of allylic oxidation sites excluding steroid dienone is 2. The summed E-state index contributed by atoms with van der Waals surface area (Å²) < 4.78 is 21.6. The summed E-state index contributed by atoms with van der Waals surface area (Å²) >= 11 is 0. The van der Waals surface area contributed by atoms with Gasteiger partial charge in [-0.15, -0.1) is 0 Å². The molecule has 0 aromatic carbocycles. The fourth-order valence-electron chi connectivity index (χ4n) is 5.37. The molecule has 0 aromatic heterocycles. The number of aliphatic carboxylic acids is 1. The van der Waals surface area contributed by atoms with Crippen molar-refractivity contribution in [2.45, 2.75) is 200 Å². The van der Waals surface area contributed by atoms with Gasteiger partial charge in [-0.25, -0.2) is 0 Å². The molecule has 1 aliphatic carbocycles. The second-order valence-corrected chi connectivity index (χ2v) is 32.9. The maximum Gasteiger partial charge on any atom is 0.303 e. The zero-order valence-electron chi connectivity index (χ0n) is 33.1. The number of carbonyl (C=O) groups is 1. The quantitative estimate of drug-likeness (QED) is 0.0878. The van der Waals surface area contributed by atoms with Gasteiger partial charge in [0.2, 0.25) is 0 Å². The number of unbranched alkanes of at least 4 members (excludes halogenated alkanes) is 3. The van der Waals surface area contributed by atoms with E-state index in [2.05, 4.69) is 133 Å². The van der Waals surface area contributed by atoms with E-state index in [9.17, 15) is 4.79 Å². The van der Waals surface area contributed by atoms with Crippen molar-refractivity contribution in [1.29, 1.82) is 0 Å². The molecule has 0 saturated heterocycles. The molecule has 0 radical (unpaired) electrons. The van der Waals surface area contributed by atoms with Gasteiger partial charge >= 0.3 is 5.97 Å². The summed E-state index contributed by atoms with van der Waals surface area (Å²) in [6, 6.07) is 0. The zero-order chi connectivity index (χ0) is 35.8. The fraction of sp³-hybridized carbons (Fsp3) is 0.868. The molecule has 0 aliphatic heterocycles. The Morgan fingerprint density at radius 2 is 1.30 bits per heavy atom. The molecule has 5 nitrogen and oxygen atoms in total. The van der Waals surface area contributed by atoms with Crippen LogP contribution in [0, 0.1) is 11.8 Å². The van der Waals surface area contributed by atoms with Gasteiger partial charge in [0, 0.05) is 12.3 Å². The van der Waals surface area contributed by atoms with Crippen LogP contribution in [-0.4, -0.2) is 54.3 Å². The Hall–Kier alpha value is -0.519. The molecule has 1 fully saturated rings. The van der Waals surface area contributed by atoms with Crippen molar-refractivity contribution in [3.8, 4) is 0 Å². The standard InChI is InChI=1S/C38H76O5Si3/c1-17-18-21-24-30(41-44(11,12)36(2,3)4)27-28-32-31(25-22-19-20-23-26-35(39)40)33(42-45(13,14)37(5,6)7)29-34(32)43-46(15,16)38(8,9)10/h19,22,27-28,30-34H,17-18,20-21,23-26,29H2,1-16H3,(H,39,40)/b22-19-,28-27+/t30-,31-,32+,33-,34+/m0/s1. The van der Waals surface area contributed by atoms with Crippen molar-refractivity contribution >= 4 is 30.9 Å². The van der Waals surface area contributed by atoms with Gasteiger partial charge in [-0.05, 0) is 92.4 Å². The average Bonchev–Trinajstić information content (AvgIpc) is 3.16. The van der Waals surface area contributed by atoms with Gasteiger partial charge in [0.1, 0.15) is 0 Å². The summed E-state index contributed by atoms with van der Waals surface area (Å²) in [6.45, 7) is 37.4. The Balaban J connectivity index is 3.61. The molecular weight excluding hydrogens is 621 g/mol. The van der Waals surface area contributed by atoms with Crippen molar-refractivity contribution in [3.05, 3.63) is 24.3 Å². The van der Waals surface area contributed by atoms with Crippen molar-refractivity contribution < 1.29 is 23.2 Å². The molecule has 0 bridgehead atoms. The Bertz CT molecular complexity index is 982. The SMILES string of the molecule is CCCCC[C@@H](/C=C/[C@@H]1[C@H](C/C=C\CCCC(=O)O)[C@@H](O[Si](C)(C)C(C)(C)C)C[C@H]1O[Si](C)(C)C(C)(C)C)O[Si](C)(C)C(C)(C)C. The summed E-state index contributed by atoms with van der Waals surface area (Å²) in [5.41, 5.74) is 0. The van der Waals surface area contributed by atoms with Crippen LogP contribution in [0.5, 0.6) is 0 Å². The lowest BCUT2D eigenvalue weighted by molar-refractivity contribution is -0.137. The molecule has 46 heavy (non-hydrogen) atoms. The molecule has 270 valence electrons. The molecule has 1 rings (SSSR count). The van der Waals surface area contributed by atoms with Crippen molar-refractivity contribution in [1.82, 2.24) is 0 Å². The maximum absolute atomic E-state index is 11.1. The van der Waals surface area contributed by atoms with Gasteiger partial charge in [-0.2, -0.15) is 0 Å². The van der Waals surface area contributed by atoms with Crippen molar-refractivity contribution in [3.63, 3.8) is 0 Å². The molecule has 1 aliphatic rings. The average molecular weight is 697 g/mol. The second kappa shape index (κ2) is 17.4. The topological polar surface area (TPSA) is 65.0 Å². The Labute approximate surface area is 289 Å². The molecule has 8 heteroatoms. The first-order valence-corrected chi connectivity index (χ1v) is 27.1. The number of carboxylic acids is 1. The van der Waals surface area contributed by atoms with Crippen LogP contribution in [0.1, 0.15) is 127 Å². The van der Waals surface area contributed by atoms with E-state index in [4.69, 9.17) is 18.4 Å². The van der Waals surface area contributed by atoms with Gasteiger partial charge in [0.05, 0.1) is 18.3 Å². The first kappa shape index (κ1) is 43.5. The van der Waals surface area contributed by atoms with Crippen LogP contribution in [0.3, 0.4) is 0 Å². The monoisotopic (exact) mass is 697 g/mol. The summed E-state index contributed by atoms with van der Waals surface area (Å²) in [5.74, 6) is -0.208. The number of hydrogen-bond acceptors (Lipinski definition) is 4. The van der Waals surface area contributed by atoms with E-state index in [1.165, 1.54) is 19.3 Å². The van der Waals surface area contributed by atoms with Gasteiger partial charge in [-0.3, -0.25) is 4.79 Å². The maximum atomic E-state index is 11.1. The molecule has 0 spiro atoms. The highest BCUT2D eigenvalue weighted by Gasteiger charge is 2.50. The molecule has 1 saturated carbocycles. The fourth-order valence-corrected chi connectivity index (χ4v) is 9.42. The van der Waals surface area contributed by atoms with Crippen LogP contribution in [0.15, 0.2) is 24.3 Å². The van der Waals surface area contributed by atoms with E-state index in [1.807, 2.05) is 0 Å². The van der Waals surface area contributed by atoms with Gasteiger partial charge in [0.15, 0.2) is 25.0 Å². The lowest BCUT2D eigenvalue weighted by Crippen LogP contribution is -2.45. The predicted octanol–water partition coefficient (Wildman–Crippen LogP) is 12.1. The molecule has 0 aromatic rings. The van der Waals surface area contributed by atoms with Gasteiger partial charge < -0.3 is 18.4 Å². The number of rotatable bonds is 18. The Morgan fingerprint density at radius 3 is 1.78 bits per heavy atom. The Morgan fingerprint density at radius 1 is 0.783 bits per heavy atom. The van der Waals surface area contributed by atoms with E-state index in [0.717, 1.165) is 25.7 Å². The van der Waals surface area contributed by atoms with Gasteiger partial charge in [0.25, 0.3) is 0 Å². The third kappa shape index (κ3) is 13.4. The van der Waals surface area contributed by atoms with Crippen LogP contribution in [0.25, 0.3) is 0 Å². The highest BCUT2D eigenvalue weighted by atomic mass is 28.4.